The second kappa shape index (κ2) is 9.61. The third kappa shape index (κ3) is 4.39. The maximum atomic E-state index is 13.6. The van der Waals surface area contributed by atoms with Crippen LogP contribution in [0.1, 0.15) is 42.8 Å². The first-order chi connectivity index (χ1) is 15.8. The van der Waals surface area contributed by atoms with E-state index in [1.165, 1.54) is 22.2 Å². The van der Waals surface area contributed by atoms with Gasteiger partial charge in [-0.1, -0.05) is 60.1 Å². The number of aromatic nitrogens is 2. The number of hydrogen-bond donors (Lipinski definition) is 1. The monoisotopic (exact) mass is 523 g/mol. The van der Waals surface area contributed by atoms with Crippen molar-refractivity contribution in [3.8, 4) is 11.1 Å². The number of aryl methyl sites for hydroxylation is 3. The predicted octanol–water partition coefficient (Wildman–Crippen LogP) is 6.52. The van der Waals surface area contributed by atoms with Crippen LogP contribution in [0.2, 0.25) is 0 Å². The maximum Gasteiger partial charge on any atom is 0.263 e. The molecule has 1 atom stereocenters. The van der Waals surface area contributed by atoms with Crippen molar-refractivity contribution >= 4 is 49.1 Å². The average molecular weight is 524 g/mol. The zero-order chi connectivity index (χ0) is 23.7. The molecule has 4 rings (SSSR count). The summed E-state index contributed by atoms with van der Waals surface area (Å²) in [5.74, 6) is -0.238. The summed E-state index contributed by atoms with van der Waals surface area (Å²) < 4.78 is 2.42. The molecule has 0 aliphatic rings. The zero-order valence-corrected chi connectivity index (χ0v) is 21.5. The van der Waals surface area contributed by atoms with Gasteiger partial charge in [-0.15, -0.1) is 11.3 Å². The summed E-state index contributed by atoms with van der Waals surface area (Å²) in [5, 5.41) is 3.62. The number of thiophene rings is 1. The third-order valence-electron chi connectivity index (χ3n) is 5.95. The molecule has 0 radical (unpaired) electrons. The summed E-state index contributed by atoms with van der Waals surface area (Å²) in [6.07, 6.45) is 3.11. The van der Waals surface area contributed by atoms with E-state index >= 15 is 0 Å². The molecule has 170 valence electrons. The molecule has 0 fully saturated rings. The quantitative estimate of drug-likeness (QED) is 0.312. The molecule has 0 aliphatic carbocycles. The van der Waals surface area contributed by atoms with Crippen molar-refractivity contribution in [2.24, 2.45) is 0 Å². The van der Waals surface area contributed by atoms with Gasteiger partial charge in [-0.3, -0.25) is 14.2 Å². The Morgan fingerprint density at radius 1 is 1.15 bits per heavy atom. The second-order valence-electron chi connectivity index (χ2n) is 8.03. The van der Waals surface area contributed by atoms with E-state index in [-0.39, 0.29) is 11.5 Å². The van der Waals surface area contributed by atoms with E-state index in [2.05, 4.69) is 40.1 Å². The topological polar surface area (TPSA) is 64.0 Å². The summed E-state index contributed by atoms with van der Waals surface area (Å²) in [6.45, 7) is 7.85. The van der Waals surface area contributed by atoms with E-state index in [1.807, 2.05) is 49.4 Å². The van der Waals surface area contributed by atoms with E-state index < -0.39 is 6.04 Å². The number of nitrogens with one attached hydrogen (secondary N) is 1. The molecule has 2 aromatic carbocycles. The van der Waals surface area contributed by atoms with Crippen LogP contribution >= 0.6 is 27.3 Å². The fourth-order valence-corrected chi connectivity index (χ4v) is 5.41. The Bertz CT molecular complexity index is 1390. The van der Waals surface area contributed by atoms with Crippen LogP contribution in [0.15, 0.2) is 58.1 Å². The number of fused-ring (bicyclic) bond motifs is 1. The van der Waals surface area contributed by atoms with E-state index in [0.717, 1.165) is 50.1 Å². The van der Waals surface area contributed by atoms with Crippen molar-refractivity contribution in [3.63, 3.8) is 0 Å². The van der Waals surface area contributed by atoms with Crippen molar-refractivity contribution in [2.75, 3.05) is 5.32 Å². The lowest BCUT2D eigenvalue weighted by molar-refractivity contribution is -0.118. The Hall–Kier alpha value is -2.77. The van der Waals surface area contributed by atoms with Crippen LogP contribution < -0.4 is 10.9 Å². The van der Waals surface area contributed by atoms with E-state index in [0.29, 0.717) is 10.2 Å². The summed E-state index contributed by atoms with van der Waals surface area (Å²) in [5.41, 5.74) is 4.58. The van der Waals surface area contributed by atoms with Gasteiger partial charge < -0.3 is 5.32 Å². The minimum Gasteiger partial charge on any atom is -0.324 e. The SMILES string of the molecule is CCc1cccc(C)c1NC(=O)C(C)n1cnc2sc(CC)c(-c3ccc(Br)cc3)c2c1=O. The van der Waals surface area contributed by atoms with Crippen molar-refractivity contribution in [3.05, 3.63) is 79.6 Å². The summed E-state index contributed by atoms with van der Waals surface area (Å²) >= 11 is 5.02. The molecule has 1 unspecified atom stereocenters. The number of halogens is 1. The van der Waals surface area contributed by atoms with Crippen molar-refractivity contribution in [2.45, 2.75) is 46.6 Å². The van der Waals surface area contributed by atoms with Gasteiger partial charge in [-0.05, 0) is 55.5 Å². The number of carbonyl (C=O) groups excluding carboxylic acids is 1. The van der Waals surface area contributed by atoms with Crippen molar-refractivity contribution in [1.82, 2.24) is 9.55 Å². The Labute approximate surface area is 205 Å². The lowest BCUT2D eigenvalue weighted by Crippen LogP contribution is -2.32. The minimum absolute atomic E-state index is 0.197. The number of rotatable bonds is 6. The maximum absolute atomic E-state index is 13.6. The van der Waals surface area contributed by atoms with Gasteiger partial charge in [0.05, 0.1) is 11.7 Å². The fraction of sp³-hybridized carbons (Fsp3) is 0.269. The van der Waals surface area contributed by atoms with Crippen LogP contribution in [0.3, 0.4) is 0 Å². The predicted molar refractivity (Wildman–Crippen MR) is 140 cm³/mol. The van der Waals surface area contributed by atoms with Gasteiger partial charge in [-0.25, -0.2) is 4.98 Å². The molecule has 0 spiro atoms. The van der Waals surface area contributed by atoms with E-state index in [9.17, 15) is 9.59 Å². The molecule has 0 saturated carbocycles. The Balaban J connectivity index is 1.78. The Morgan fingerprint density at radius 3 is 2.55 bits per heavy atom. The first-order valence-electron chi connectivity index (χ1n) is 11.0. The second-order valence-corrected chi connectivity index (χ2v) is 10.0. The van der Waals surface area contributed by atoms with Gasteiger partial charge in [0, 0.05) is 20.6 Å². The molecule has 0 bridgehead atoms. The number of hydrogen-bond acceptors (Lipinski definition) is 4. The number of benzene rings is 2. The van der Waals surface area contributed by atoms with Crippen LogP contribution in [-0.2, 0) is 17.6 Å². The summed E-state index contributed by atoms with van der Waals surface area (Å²) in [6, 6.07) is 13.2. The first-order valence-corrected chi connectivity index (χ1v) is 12.6. The third-order valence-corrected chi connectivity index (χ3v) is 7.72. The molecule has 7 heteroatoms. The van der Waals surface area contributed by atoms with E-state index in [4.69, 9.17) is 0 Å². The van der Waals surface area contributed by atoms with Crippen LogP contribution in [0, 0.1) is 6.92 Å². The molecular formula is C26H26BrN3O2S. The number of carbonyl (C=O) groups is 1. The van der Waals surface area contributed by atoms with Crippen LogP contribution in [0.4, 0.5) is 5.69 Å². The average Bonchev–Trinajstić information content (AvgIpc) is 3.20. The molecule has 1 amide bonds. The lowest BCUT2D eigenvalue weighted by atomic mass is 10.0. The van der Waals surface area contributed by atoms with Crippen molar-refractivity contribution in [1.29, 1.82) is 0 Å². The highest BCUT2D eigenvalue weighted by Crippen LogP contribution is 2.37. The van der Waals surface area contributed by atoms with Gasteiger partial charge in [0.1, 0.15) is 10.9 Å². The molecule has 5 nitrogen and oxygen atoms in total. The fourth-order valence-electron chi connectivity index (χ4n) is 4.05. The standard InChI is InChI=1S/C26H26BrN3O2S/c1-5-17-9-7-8-15(3)23(17)29-24(31)16(4)30-14-28-25-22(26(30)32)21(20(6-2)33-25)18-10-12-19(27)13-11-18/h7-14,16H,5-6H2,1-4H3,(H,29,31). The highest BCUT2D eigenvalue weighted by molar-refractivity contribution is 9.10. The van der Waals surface area contributed by atoms with Crippen molar-refractivity contribution < 1.29 is 4.79 Å². The van der Waals surface area contributed by atoms with Crippen LogP contribution in [0.25, 0.3) is 21.3 Å². The van der Waals surface area contributed by atoms with Gasteiger partial charge in [0.15, 0.2) is 0 Å². The zero-order valence-electron chi connectivity index (χ0n) is 19.1. The number of amides is 1. The number of para-hydroxylation sites is 1. The summed E-state index contributed by atoms with van der Waals surface area (Å²) in [4.78, 5) is 33.2. The number of anilines is 1. The molecule has 1 N–H and O–H groups in total. The Kier molecular flexibility index (Phi) is 6.81. The normalized spacial score (nSPS) is 12.2. The minimum atomic E-state index is -0.707. The molecule has 2 aromatic heterocycles. The molecular weight excluding hydrogens is 498 g/mol. The van der Waals surface area contributed by atoms with Gasteiger partial charge in [0.2, 0.25) is 5.91 Å². The van der Waals surface area contributed by atoms with Gasteiger partial charge in [0.25, 0.3) is 5.56 Å². The van der Waals surface area contributed by atoms with Crippen LogP contribution in [0.5, 0.6) is 0 Å². The first kappa shape index (κ1) is 23.4. The molecule has 2 heterocycles. The van der Waals surface area contributed by atoms with E-state index in [1.54, 1.807) is 6.92 Å². The van der Waals surface area contributed by atoms with Gasteiger partial charge in [-0.2, -0.15) is 0 Å². The smallest absolute Gasteiger partial charge is 0.263 e. The summed E-state index contributed by atoms with van der Waals surface area (Å²) in [7, 11) is 0. The molecule has 33 heavy (non-hydrogen) atoms. The molecule has 0 aliphatic heterocycles. The molecule has 0 saturated heterocycles. The lowest BCUT2D eigenvalue weighted by Gasteiger charge is -2.18. The number of nitrogens with zero attached hydrogens (tertiary/aromatic N) is 2. The van der Waals surface area contributed by atoms with Gasteiger partial charge >= 0.3 is 0 Å². The van der Waals surface area contributed by atoms with Crippen LogP contribution in [-0.4, -0.2) is 15.5 Å². The highest BCUT2D eigenvalue weighted by Gasteiger charge is 2.23. The highest BCUT2D eigenvalue weighted by atomic mass is 79.9. The largest absolute Gasteiger partial charge is 0.324 e. The molecule has 4 aromatic rings. The Morgan fingerprint density at radius 2 is 1.88 bits per heavy atom.